The molecule has 13 nitrogen and oxygen atoms in total. The quantitative estimate of drug-likeness (QED) is 0.0184. The summed E-state index contributed by atoms with van der Waals surface area (Å²) in [6.07, 6.45) is 31.0. The maximum Gasteiger partial charge on any atom is 0.397 e. The topological polar surface area (TPSA) is 212 Å². The summed E-state index contributed by atoms with van der Waals surface area (Å²) in [5.41, 5.74) is 0. The van der Waals surface area contributed by atoms with Crippen LogP contribution in [0.5, 0.6) is 0 Å². The molecule has 1 fully saturated rings. The van der Waals surface area contributed by atoms with Crippen molar-refractivity contribution in [3.05, 3.63) is 48.6 Å². The van der Waals surface area contributed by atoms with Gasteiger partial charge >= 0.3 is 10.4 Å². The summed E-state index contributed by atoms with van der Waals surface area (Å²) in [4.78, 5) is 13.1. The maximum absolute atomic E-state index is 13.1. The first kappa shape index (κ1) is 55.0. The van der Waals surface area contributed by atoms with Crippen LogP contribution >= 0.6 is 0 Å². The predicted octanol–water partition coefficient (Wildman–Crippen LogP) is 7.46. The fourth-order valence-electron chi connectivity index (χ4n) is 6.91. The van der Waals surface area contributed by atoms with E-state index < -0.39 is 78.5 Å². The second kappa shape index (κ2) is 35.6. The highest BCUT2D eigenvalue weighted by atomic mass is 32.3. The van der Waals surface area contributed by atoms with Gasteiger partial charge in [-0.25, -0.2) is 4.18 Å². The van der Waals surface area contributed by atoms with Crippen molar-refractivity contribution in [1.82, 2.24) is 5.32 Å². The molecule has 0 aromatic carbocycles. The van der Waals surface area contributed by atoms with Crippen molar-refractivity contribution >= 4 is 16.3 Å². The molecule has 1 heterocycles. The zero-order chi connectivity index (χ0) is 43.6. The third kappa shape index (κ3) is 28.3. The minimum atomic E-state index is -5.12. The second-order valence-electron chi connectivity index (χ2n) is 15.8. The van der Waals surface area contributed by atoms with Crippen LogP contribution in [0.3, 0.4) is 0 Å². The standard InChI is InChI=1S/C45H81NO12S/c1-3-5-7-9-11-13-14-15-16-17-18-19-20-21-22-23-24-26-28-30-32-34-39(49)44(52)46-37(38(48)33-31-29-27-25-12-10-8-6-4-2)36-56-45-42(51)43(58-59(53,54)55)41(50)40(35-47)57-45/h4,6,12,20-21,25,31,33,37-43,45,47-51H,3,5,7-11,13-19,22-24,26-30,32,34-36H2,1-2H3,(H,46,52)(H,53,54,55)/b6-4+,21-20-,25-12+,33-31+. The first-order chi connectivity index (χ1) is 28.4. The Morgan fingerprint density at radius 2 is 1.20 bits per heavy atom. The molecule has 1 aliphatic rings. The molecule has 0 aromatic heterocycles. The van der Waals surface area contributed by atoms with Crippen LogP contribution in [0.4, 0.5) is 0 Å². The number of ether oxygens (including phenoxy) is 2. The van der Waals surface area contributed by atoms with Gasteiger partial charge in [0, 0.05) is 0 Å². The zero-order valence-electron chi connectivity index (χ0n) is 36.2. The first-order valence-electron chi connectivity index (χ1n) is 22.6. The highest BCUT2D eigenvalue weighted by Crippen LogP contribution is 2.26. The number of carbonyl (C=O) groups excluding carboxylic acids is 1. The number of hydrogen-bond acceptors (Lipinski definition) is 11. The van der Waals surface area contributed by atoms with E-state index in [1.165, 1.54) is 76.7 Å². The van der Waals surface area contributed by atoms with Gasteiger partial charge < -0.3 is 40.3 Å². The number of carbonyl (C=O) groups is 1. The summed E-state index contributed by atoms with van der Waals surface area (Å²) in [5, 5.41) is 54.9. The summed E-state index contributed by atoms with van der Waals surface area (Å²) in [7, 11) is -5.12. The monoisotopic (exact) mass is 860 g/mol. The van der Waals surface area contributed by atoms with Crippen molar-refractivity contribution in [2.75, 3.05) is 13.2 Å². The highest BCUT2D eigenvalue weighted by molar-refractivity contribution is 7.80. The summed E-state index contributed by atoms with van der Waals surface area (Å²) >= 11 is 0. The van der Waals surface area contributed by atoms with Gasteiger partial charge in [0.2, 0.25) is 5.91 Å². The summed E-state index contributed by atoms with van der Waals surface area (Å²) in [5.74, 6) is -0.726. The highest BCUT2D eigenvalue weighted by Gasteiger charge is 2.48. The molecule has 0 radical (unpaired) electrons. The Morgan fingerprint density at radius 1 is 0.712 bits per heavy atom. The number of aliphatic hydroxyl groups is 5. The van der Waals surface area contributed by atoms with E-state index >= 15 is 0 Å². The number of unbranched alkanes of at least 4 members (excludes halogenated alkanes) is 19. The number of rotatable bonds is 37. The number of hydrogen-bond donors (Lipinski definition) is 7. The Hall–Kier alpha value is -1.98. The minimum Gasteiger partial charge on any atom is -0.394 e. The van der Waals surface area contributed by atoms with Gasteiger partial charge in [-0.1, -0.05) is 152 Å². The number of nitrogens with one attached hydrogen (secondary N) is 1. The fraction of sp³-hybridized carbons (Fsp3) is 0.800. The van der Waals surface area contributed by atoms with E-state index in [0.717, 1.165) is 64.2 Å². The smallest absolute Gasteiger partial charge is 0.394 e. The molecule has 0 saturated carbocycles. The first-order valence-corrected chi connectivity index (χ1v) is 24.0. The average Bonchev–Trinajstić information content (AvgIpc) is 3.20. The van der Waals surface area contributed by atoms with Gasteiger partial charge in [-0.05, 0) is 64.7 Å². The zero-order valence-corrected chi connectivity index (χ0v) is 37.0. The molecule has 59 heavy (non-hydrogen) atoms. The fourth-order valence-corrected chi connectivity index (χ4v) is 7.41. The van der Waals surface area contributed by atoms with Crippen molar-refractivity contribution in [2.45, 2.75) is 217 Å². The van der Waals surface area contributed by atoms with E-state index in [9.17, 15) is 38.7 Å². The Kier molecular flexibility index (Phi) is 33.2. The minimum absolute atomic E-state index is 0.225. The van der Waals surface area contributed by atoms with E-state index in [1.54, 1.807) is 6.08 Å². The Balaban J connectivity index is 2.50. The maximum atomic E-state index is 13.1. The number of allylic oxidation sites excluding steroid dienone is 7. The van der Waals surface area contributed by atoms with Crippen molar-refractivity contribution in [3.8, 4) is 0 Å². The molecule has 14 heteroatoms. The van der Waals surface area contributed by atoms with Gasteiger partial charge in [-0.3, -0.25) is 9.35 Å². The van der Waals surface area contributed by atoms with Gasteiger partial charge in [0.15, 0.2) is 6.29 Å². The molecule has 0 aromatic rings. The lowest BCUT2D eigenvalue weighted by molar-refractivity contribution is -0.298. The van der Waals surface area contributed by atoms with Crippen LogP contribution in [-0.4, -0.2) is 107 Å². The van der Waals surface area contributed by atoms with E-state index in [1.807, 2.05) is 19.1 Å². The van der Waals surface area contributed by atoms with E-state index in [4.69, 9.17) is 14.0 Å². The molecule has 0 bridgehead atoms. The summed E-state index contributed by atoms with van der Waals surface area (Å²) in [6.45, 7) is 2.94. The normalized spacial score (nSPS) is 21.9. The van der Waals surface area contributed by atoms with Gasteiger partial charge in [-0.2, -0.15) is 8.42 Å². The van der Waals surface area contributed by atoms with Crippen molar-refractivity contribution in [1.29, 1.82) is 0 Å². The molecular weight excluding hydrogens is 779 g/mol. The SMILES string of the molecule is C/C=C/CC/C=C/CC/C=C/C(O)C(COC1OC(CO)C(O)C(OS(=O)(=O)O)C1O)NC(=O)C(O)CCCCCCCC/C=C\CCCCCCCCCCCCC. The predicted molar refractivity (Wildman–Crippen MR) is 233 cm³/mol. The Bertz CT molecular complexity index is 1260. The van der Waals surface area contributed by atoms with Crippen molar-refractivity contribution in [2.24, 2.45) is 0 Å². The van der Waals surface area contributed by atoms with E-state index in [0.29, 0.717) is 12.8 Å². The Morgan fingerprint density at radius 3 is 1.73 bits per heavy atom. The van der Waals surface area contributed by atoms with Crippen LogP contribution in [0.25, 0.3) is 0 Å². The number of aliphatic hydroxyl groups excluding tert-OH is 5. The van der Waals surface area contributed by atoms with Crippen LogP contribution in [0.2, 0.25) is 0 Å². The molecular formula is C45H81NO12S. The van der Waals surface area contributed by atoms with Gasteiger partial charge in [0.25, 0.3) is 0 Å². The van der Waals surface area contributed by atoms with Crippen LogP contribution in [0, 0.1) is 0 Å². The molecule has 0 aliphatic carbocycles. The molecule has 1 saturated heterocycles. The molecule has 8 unspecified atom stereocenters. The largest absolute Gasteiger partial charge is 0.397 e. The van der Waals surface area contributed by atoms with Crippen molar-refractivity contribution in [3.63, 3.8) is 0 Å². The van der Waals surface area contributed by atoms with Crippen LogP contribution in [0.15, 0.2) is 48.6 Å². The second-order valence-corrected chi connectivity index (χ2v) is 16.8. The van der Waals surface area contributed by atoms with Crippen LogP contribution in [0.1, 0.15) is 168 Å². The molecule has 1 rings (SSSR count). The summed E-state index contributed by atoms with van der Waals surface area (Å²) < 4.78 is 47.3. The lowest BCUT2D eigenvalue weighted by atomic mass is 9.99. The summed E-state index contributed by atoms with van der Waals surface area (Å²) in [6, 6.07) is -1.14. The molecule has 344 valence electrons. The third-order valence-corrected chi connectivity index (χ3v) is 11.0. The van der Waals surface area contributed by atoms with E-state index in [-0.39, 0.29) is 6.42 Å². The molecule has 0 spiro atoms. The molecule has 1 amide bonds. The van der Waals surface area contributed by atoms with Crippen LogP contribution < -0.4 is 5.32 Å². The third-order valence-electron chi connectivity index (χ3n) is 10.5. The van der Waals surface area contributed by atoms with Crippen LogP contribution in [-0.2, 0) is 28.9 Å². The molecule has 1 aliphatic heterocycles. The molecule has 7 N–H and O–H groups in total. The number of amides is 1. The lowest BCUT2D eigenvalue weighted by Crippen LogP contribution is -2.61. The molecule has 8 atom stereocenters. The van der Waals surface area contributed by atoms with Gasteiger partial charge in [-0.15, -0.1) is 0 Å². The average molecular weight is 860 g/mol. The Labute approximate surface area is 356 Å². The van der Waals surface area contributed by atoms with Gasteiger partial charge in [0.05, 0.1) is 25.4 Å². The van der Waals surface area contributed by atoms with E-state index in [2.05, 4.69) is 40.7 Å². The van der Waals surface area contributed by atoms with Crippen molar-refractivity contribution < 1.29 is 57.0 Å². The lowest BCUT2D eigenvalue weighted by Gasteiger charge is -2.41. The van der Waals surface area contributed by atoms with Gasteiger partial charge in [0.1, 0.15) is 30.5 Å².